The van der Waals surface area contributed by atoms with Gasteiger partial charge in [-0.2, -0.15) is 5.10 Å². The Morgan fingerprint density at radius 3 is 2.06 bits per heavy atom. The van der Waals surface area contributed by atoms with Gasteiger partial charge in [-0.3, -0.25) is 0 Å². The van der Waals surface area contributed by atoms with Gasteiger partial charge in [0.1, 0.15) is 21.6 Å². The normalized spacial score (nSPS) is 11.7. The number of ether oxygens (including phenoxy) is 1. The predicted molar refractivity (Wildman–Crippen MR) is 128 cm³/mol. The minimum Gasteiger partial charge on any atom is -0.497 e. The SMILES string of the molecule is COc1ccc(-c2c(Cl)nc3c4c5ccccc5c5ccccc5c4nn3c2Cl)cc1. The average Bonchev–Trinajstić information content (AvgIpc) is 3.20. The summed E-state index contributed by atoms with van der Waals surface area (Å²) >= 11 is 13.5. The summed E-state index contributed by atoms with van der Waals surface area (Å²) in [4.78, 5) is 4.75. The molecule has 0 saturated carbocycles. The number of rotatable bonds is 2. The largest absolute Gasteiger partial charge is 0.497 e. The molecule has 2 aromatic heterocycles. The van der Waals surface area contributed by atoms with Crippen LogP contribution < -0.4 is 4.74 Å². The first-order valence-electron chi connectivity index (χ1n) is 9.78. The van der Waals surface area contributed by atoms with Crippen LogP contribution in [0.4, 0.5) is 0 Å². The van der Waals surface area contributed by atoms with Gasteiger partial charge in [0.05, 0.1) is 18.1 Å². The molecule has 4 aromatic carbocycles. The number of fused-ring (bicyclic) bond motifs is 8. The predicted octanol–water partition coefficient (Wildman–Crippen LogP) is 7.17. The monoisotopic (exact) mass is 443 g/mol. The third-order valence-electron chi connectivity index (χ3n) is 5.71. The van der Waals surface area contributed by atoms with Gasteiger partial charge >= 0.3 is 0 Å². The highest BCUT2D eigenvalue weighted by molar-refractivity contribution is 6.39. The van der Waals surface area contributed by atoms with E-state index in [1.807, 2.05) is 48.5 Å². The number of nitrogens with zero attached hydrogens (tertiary/aromatic N) is 3. The first kappa shape index (κ1) is 18.4. The number of methoxy groups -OCH3 is 1. The third-order valence-corrected chi connectivity index (χ3v) is 6.33. The summed E-state index contributed by atoms with van der Waals surface area (Å²) in [5.74, 6) is 0.757. The summed E-state index contributed by atoms with van der Waals surface area (Å²) in [5, 5.41) is 11.0. The second-order valence-electron chi connectivity index (χ2n) is 7.35. The zero-order chi connectivity index (χ0) is 21.1. The van der Waals surface area contributed by atoms with Crippen molar-refractivity contribution in [1.29, 1.82) is 0 Å². The number of hydrogen-bond donors (Lipinski definition) is 0. The molecule has 0 fully saturated rings. The number of benzene rings is 4. The van der Waals surface area contributed by atoms with Crippen LogP contribution in [-0.2, 0) is 0 Å². The number of aromatic nitrogens is 3. The van der Waals surface area contributed by atoms with E-state index in [0.717, 1.165) is 43.8 Å². The smallest absolute Gasteiger partial charge is 0.166 e. The maximum Gasteiger partial charge on any atom is 0.166 e. The Kier molecular flexibility index (Phi) is 4.07. The quantitative estimate of drug-likeness (QED) is 0.210. The fraction of sp³-hybridized carbons (Fsp3) is 0.0400. The molecule has 0 spiro atoms. The van der Waals surface area contributed by atoms with Gasteiger partial charge in [-0.1, -0.05) is 83.9 Å². The molecule has 6 rings (SSSR count). The van der Waals surface area contributed by atoms with Crippen molar-refractivity contribution in [3.05, 3.63) is 83.1 Å². The summed E-state index contributed by atoms with van der Waals surface area (Å²) in [5.41, 5.74) is 2.98. The van der Waals surface area contributed by atoms with Crippen LogP contribution in [0, 0.1) is 0 Å². The van der Waals surface area contributed by atoms with Gasteiger partial charge in [0.2, 0.25) is 0 Å². The van der Waals surface area contributed by atoms with Gasteiger partial charge in [-0.15, -0.1) is 0 Å². The molecule has 0 N–H and O–H groups in total. The fourth-order valence-electron chi connectivity index (χ4n) is 4.28. The van der Waals surface area contributed by atoms with Gasteiger partial charge in [0.15, 0.2) is 5.65 Å². The molecule has 0 aliphatic carbocycles. The number of hydrogen-bond acceptors (Lipinski definition) is 3. The van der Waals surface area contributed by atoms with E-state index < -0.39 is 0 Å². The molecule has 0 radical (unpaired) electrons. The molecule has 0 saturated heterocycles. The Morgan fingerprint density at radius 2 is 1.39 bits per heavy atom. The van der Waals surface area contributed by atoms with Crippen LogP contribution in [0.25, 0.3) is 49.2 Å². The van der Waals surface area contributed by atoms with Crippen molar-refractivity contribution in [2.45, 2.75) is 0 Å². The average molecular weight is 444 g/mol. The van der Waals surface area contributed by atoms with Crippen molar-refractivity contribution in [3.63, 3.8) is 0 Å². The first-order valence-corrected chi connectivity index (χ1v) is 10.5. The molecule has 0 unspecified atom stereocenters. The second-order valence-corrected chi connectivity index (χ2v) is 8.06. The highest BCUT2D eigenvalue weighted by Crippen LogP contribution is 2.40. The third kappa shape index (κ3) is 2.62. The zero-order valence-corrected chi connectivity index (χ0v) is 17.9. The highest BCUT2D eigenvalue weighted by Gasteiger charge is 2.21. The van der Waals surface area contributed by atoms with Crippen LogP contribution in [0.3, 0.4) is 0 Å². The maximum atomic E-state index is 6.87. The Bertz CT molecular complexity index is 1640. The van der Waals surface area contributed by atoms with Crippen molar-refractivity contribution in [2.75, 3.05) is 7.11 Å². The van der Waals surface area contributed by atoms with E-state index in [1.54, 1.807) is 11.6 Å². The summed E-state index contributed by atoms with van der Waals surface area (Å²) < 4.78 is 6.95. The van der Waals surface area contributed by atoms with Crippen molar-refractivity contribution in [2.24, 2.45) is 0 Å². The molecule has 0 atom stereocenters. The van der Waals surface area contributed by atoms with Gasteiger partial charge in [0.25, 0.3) is 0 Å². The van der Waals surface area contributed by atoms with Gasteiger partial charge in [-0.05, 0) is 33.9 Å². The molecule has 0 bridgehead atoms. The van der Waals surface area contributed by atoms with E-state index in [4.69, 9.17) is 38.0 Å². The van der Waals surface area contributed by atoms with E-state index in [2.05, 4.69) is 24.3 Å². The Balaban J connectivity index is 1.77. The molecular formula is C25H15Cl2N3O. The van der Waals surface area contributed by atoms with Crippen molar-refractivity contribution < 1.29 is 4.74 Å². The molecule has 0 amide bonds. The van der Waals surface area contributed by atoms with Crippen LogP contribution in [0.15, 0.2) is 72.8 Å². The lowest BCUT2D eigenvalue weighted by atomic mass is 9.98. The molecule has 31 heavy (non-hydrogen) atoms. The lowest BCUT2D eigenvalue weighted by molar-refractivity contribution is 0.415. The zero-order valence-electron chi connectivity index (χ0n) is 16.4. The first-order chi connectivity index (χ1) is 15.2. The fourth-order valence-corrected chi connectivity index (χ4v) is 4.93. The van der Waals surface area contributed by atoms with Crippen LogP contribution in [-0.4, -0.2) is 21.7 Å². The van der Waals surface area contributed by atoms with Crippen LogP contribution in [0.1, 0.15) is 0 Å². The summed E-state index contributed by atoms with van der Waals surface area (Å²) in [7, 11) is 1.63. The minimum atomic E-state index is 0.335. The topological polar surface area (TPSA) is 39.4 Å². The Morgan fingerprint density at radius 1 is 0.774 bits per heavy atom. The summed E-state index contributed by atoms with van der Waals surface area (Å²) in [6.07, 6.45) is 0. The van der Waals surface area contributed by atoms with Crippen LogP contribution >= 0.6 is 23.2 Å². The van der Waals surface area contributed by atoms with Gasteiger partial charge < -0.3 is 4.74 Å². The van der Waals surface area contributed by atoms with Gasteiger partial charge in [-0.25, -0.2) is 9.50 Å². The van der Waals surface area contributed by atoms with Crippen LogP contribution in [0.5, 0.6) is 5.75 Å². The van der Waals surface area contributed by atoms with Crippen molar-refractivity contribution in [1.82, 2.24) is 14.6 Å². The van der Waals surface area contributed by atoms with E-state index in [0.29, 0.717) is 21.5 Å². The van der Waals surface area contributed by atoms with Crippen molar-refractivity contribution in [3.8, 4) is 16.9 Å². The van der Waals surface area contributed by atoms with E-state index in [-0.39, 0.29) is 0 Å². The highest BCUT2D eigenvalue weighted by atomic mass is 35.5. The molecular weight excluding hydrogens is 429 g/mol. The maximum absolute atomic E-state index is 6.87. The number of halogens is 2. The summed E-state index contributed by atoms with van der Waals surface area (Å²) in [6.45, 7) is 0. The Hall–Kier alpha value is -3.34. The molecule has 0 aliphatic rings. The van der Waals surface area contributed by atoms with Crippen LogP contribution in [0.2, 0.25) is 10.3 Å². The lowest BCUT2D eigenvalue weighted by Gasteiger charge is -2.09. The second kappa shape index (κ2) is 6.84. The summed E-state index contributed by atoms with van der Waals surface area (Å²) in [6, 6.07) is 24.1. The molecule has 0 aliphatic heterocycles. The van der Waals surface area contributed by atoms with Crippen molar-refractivity contribution >= 4 is 61.3 Å². The molecule has 150 valence electrons. The van der Waals surface area contributed by atoms with Gasteiger partial charge in [0, 0.05) is 5.39 Å². The molecule has 6 aromatic rings. The standard InChI is InChI=1S/C25H15Cl2N3O/c1-31-15-12-10-14(11-13-15)20-23(26)28-25-21-18-8-4-2-6-16(18)17-7-3-5-9-19(17)22(21)29-30(25)24(20)27/h2-13H,1H3. The van der Waals surface area contributed by atoms with E-state index >= 15 is 0 Å². The van der Waals surface area contributed by atoms with E-state index in [1.165, 1.54) is 0 Å². The molecule has 6 heteroatoms. The lowest BCUT2D eigenvalue weighted by Crippen LogP contribution is -1.97. The van der Waals surface area contributed by atoms with E-state index in [9.17, 15) is 0 Å². The molecule has 4 nitrogen and oxygen atoms in total. The minimum absolute atomic E-state index is 0.335. The Labute approximate surface area is 187 Å². The molecule has 2 heterocycles.